The number of benzene rings is 1. The van der Waals surface area contributed by atoms with Gasteiger partial charge in [0.25, 0.3) is 0 Å². The molecule has 3 aromatic rings. The van der Waals surface area contributed by atoms with Gasteiger partial charge in [0.05, 0.1) is 0 Å². The van der Waals surface area contributed by atoms with Crippen LogP contribution < -0.4 is 0 Å². The highest BCUT2D eigenvalue weighted by atomic mass is 16.5. The van der Waals surface area contributed by atoms with E-state index in [2.05, 4.69) is 9.72 Å². The maximum atomic E-state index is 12.7. The van der Waals surface area contributed by atoms with Gasteiger partial charge in [0, 0.05) is 28.6 Å². The number of ketones is 1. The number of hydrogen-bond acceptors (Lipinski definition) is 5. The van der Waals surface area contributed by atoms with E-state index in [0.29, 0.717) is 23.1 Å². The summed E-state index contributed by atoms with van der Waals surface area (Å²) in [6.07, 6.45) is 2.29. The molecule has 1 saturated carbocycles. The largest absolute Gasteiger partial charge is 0.454 e. The van der Waals surface area contributed by atoms with Crippen LogP contribution in [0.1, 0.15) is 56.7 Å². The van der Waals surface area contributed by atoms with Crippen molar-refractivity contribution in [2.45, 2.75) is 39.7 Å². The van der Waals surface area contributed by atoms with E-state index < -0.39 is 5.97 Å². The fraction of sp³-hybridized carbons (Fsp3) is 0.318. The zero-order valence-corrected chi connectivity index (χ0v) is 16.2. The first kappa shape index (κ1) is 18.2. The van der Waals surface area contributed by atoms with E-state index in [4.69, 9.17) is 9.26 Å². The average molecular weight is 378 g/mol. The maximum Gasteiger partial charge on any atom is 0.344 e. The molecule has 0 spiro atoms. The number of Topliss-reactive ketones (excluding diaryl/α,β-unsaturated/α-hetero) is 1. The van der Waals surface area contributed by atoms with E-state index in [1.807, 2.05) is 50.2 Å². The van der Waals surface area contributed by atoms with Gasteiger partial charge in [-0.1, -0.05) is 35.5 Å². The number of rotatable bonds is 6. The second-order valence-corrected chi connectivity index (χ2v) is 7.21. The summed E-state index contributed by atoms with van der Waals surface area (Å²) in [4.78, 5) is 25.3. The minimum absolute atomic E-state index is 0.205. The summed E-state index contributed by atoms with van der Waals surface area (Å²) >= 11 is 0. The Bertz CT molecular complexity index is 1040. The number of carbonyl (C=O) groups is 2. The SMILES string of the molecule is Cc1onc(-c2ccccc2)c1C(=O)OCC(=O)c1cc(C)n(C2CC2)c1C. The number of esters is 1. The van der Waals surface area contributed by atoms with Crippen LogP contribution in [0.15, 0.2) is 40.9 Å². The Morgan fingerprint density at radius 3 is 2.57 bits per heavy atom. The lowest BCUT2D eigenvalue weighted by molar-refractivity contribution is 0.0473. The van der Waals surface area contributed by atoms with Gasteiger partial charge in [-0.15, -0.1) is 0 Å². The number of hydrogen-bond donors (Lipinski definition) is 0. The van der Waals surface area contributed by atoms with Crippen LogP contribution in [0.25, 0.3) is 11.3 Å². The molecule has 1 aromatic carbocycles. The van der Waals surface area contributed by atoms with Crippen LogP contribution >= 0.6 is 0 Å². The molecule has 6 nitrogen and oxygen atoms in total. The van der Waals surface area contributed by atoms with Crippen LogP contribution in [0, 0.1) is 20.8 Å². The van der Waals surface area contributed by atoms with Crippen molar-refractivity contribution in [3.63, 3.8) is 0 Å². The van der Waals surface area contributed by atoms with Crippen LogP contribution in [0.5, 0.6) is 0 Å². The summed E-state index contributed by atoms with van der Waals surface area (Å²) < 4.78 is 12.7. The van der Waals surface area contributed by atoms with Crippen LogP contribution in [0.3, 0.4) is 0 Å². The maximum absolute atomic E-state index is 12.7. The standard InChI is InChI=1S/C22H22N2O4/c1-13-11-18(14(2)24(13)17-9-10-17)19(25)12-27-22(26)20-15(3)28-23-21(20)16-7-5-4-6-8-16/h4-8,11,17H,9-10,12H2,1-3H3. The van der Waals surface area contributed by atoms with Gasteiger partial charge in [0.15, 0.2) is 6.61 Å². The molecule has 2 aromatic heterocycles. The summed E-state index contributed by atoms with van der Waals surface area (Å²) in [6.45, 7) is 5.28. The smallest absolute Gasteiger partial charge is 0.344 e. The van der Waals surface area contributed by atoms with Crippen molar-refractivity contribution in [1.82, 2.24) is 9.72 Å². The molecule has 144 valence electrons. The fourth-order valence-electron chi connectivity index (χ4n) is 3.64. The van der Waals surface area contributed by atoms with Gasteiger partial charge in [0.1, 0.15) is 17.0 Å². The molecule has 2 heterocycles. The minimum atomic E-state index is -0.609. The Morgan fingerprint density at radius 2 is 1.89 bits per heavy atom. The molecule has 0 N–H and O–H groups in total. The first-order chi connectivity index (χ1) is 13.5. The molecule has 0 radical (unpaired) electrons. The molecule has 0 amide bonds. The number of aromatic nitrogens is 2. The van der Waals surface area contributed by atoms with E-state index in [-0.39, 0.29) is 18.0 Å². The van der Waals surface area contributed by atoms with Gasteiger partial charge >= 0.3 is 5.97 Å². The lowest BCUT2D eigenvalue weighted by Crippen LogP contribution is -2.16. The predicted molar refractivity (Wildman–Crippen MR) is 103 cm³/mol. The molecular formula is C22H22N2O4. The molecular weight excluding hydrogens is 356 g/mol. The number of carbonyl (C=O) groups excluding carboxylic acids is 2. The average Bonchev–Trinajstić information content (AvgIpc) is 3.37. The topological polar surface area (TPSA) is 74.3 Å². The predicted octanol–water partition coefficient (Wildman–Crippen LogP) is 4.44. The van der Waals surface area contributed by atoms with Crippen molar-refractivity contribution in [3.05, 3.63) is 64.7 Å². The Kier molecular flexibility index (Phi) is 4.63. The van der Waals surface area contributed by atoms with Crippen LogP contribution in [0.2, 0.25) is 0 Å². The van der Waals surface area contributed by atoms with Crippen molar-refractivity contribution in [3.8, 4) is 11.3 Å². The molecule has 4 rings (SSSR count). The Labute approximate surface area is 163 Å². The van der Waals surface area contributed by atoms with Crippen LogP contribution in [-0.4, -0.2) is 28.1 Å². The molecule has 0 unspecified atom stereocenters. The van der Waals surface area contributed by atoms with Gasteiger partial charge in [-0.3, -0.25) is 4.79 Å². The molecule has 1 fully saturated rings. The van der Waals surface area contributed by atoms with Crippen molar-refractivity contribution >= 4 is 11.8 Å². The Balaban J connectivity index is 1.51. The van der Waals surface area contributed by atoms with Crippen molar-refractivity contribution < 1.29 is 18.8 Å². The minimum Gasteiger partial charge on any atom is -0.454 e. The van der Waals surface area contributed by atoms with E-state index in [1.165, 1.54) is 0 Å². The van der Waals surface area contributed by atoms with Crippen molar-refractivity contribution in [2.24, 2.45) is 0 Å². The summed E-state index contributed by atoms with van der Waals surface area (Å²) in [7, 11) is 0. The zero-order valence-electron chi connectivity index (χ0n) is 16.2. The summed E-state index contributed by atoms with van der Waals surface area (Å²) in [5.74, 6) is -0.450. The van der Waals surface area contributed by atoms with E-state index in [9.17, 15) is 9.59 Å². The number of nitrogens with zero attached hydrogens (tertiary/aromatic N) is 2. The Morgan fingerprint density at radius 1 is 1.18 bits per heavy atom. The fourth-order valence-corrected chi connectivity index (χ4v) is 3.64. The van der Waals surface area contributed by atoms with Crippen molar-refractivity contribution in [1.29, 1.82) is 0 Å². The summed E-state index contributed by atoms with van der Waals surface area (Å²) in [5.41, 5.74) is 4.04. The first-order valence-corrected chi connectivity index (χ1v) is 9.37. The first-order valence-electron chi connectivity index (χ1n) is 9.37. The Hall–Kier alpha value is -3.15. The van der Waals surface area contributed by atoms with Gasteiger partial charge in [0.2, 0.25) is 5.78 Å². The summed E-state index contributed by atoms with van der Waals surface area (Å²) in [6, 6.07) is 11.6. The van der Waals surface area contributed by atoms with Gasteiger partial charge in [-0.05, 0) is 39.7 Å². The van der Waals surface area contributed by atoms with E-state index in [1.54, 1.807) is 6.92 Å². The van der Waals surface area contributed by atoms with E-state index in [0.717, 1.165) is 29.8 Å². The van der Waals surface area contributed by atoms with E-state index >= 15 is 0 Å². The third-order valence-electron chi connectivity index (χ3n) is 5.15. The third-order valence-corrected chi connectivity index (χ3v) is 5.15. The normalized spacial score (nSPS) is 13.5. The highest BCUT2D eigenvalue weighted by Gasteiger charge is 2.29. The highest BCUT2D eigenvalue weighted by molar-refractivity contribution is 6.02. The second kappa shape index (κ2) is 7.11. The summed E-state index contributed by atoms with van der Waals surface area (Å²) in [5, 5.41) is 3.98. The van der Waals surface area contributed by atoms with Crippen LogP contribution in [0.4, 0.5) is 0 Å². The lowest BCUT2D eigenvalue weighted by atomic mass is 10.1. The highest BCUT2D eigenvalue weighted by Crippen LogP contribution is 2.38. The zero-order chi connectivity index (χ0) is 19.8. The second-order valence-electron chi connectivity index (χ2n) is 7.21. The lowest BCUT2D eigenvalue weighted by Gasteiger charge is -2.08. The molecule has 1 aliphatic carbocycles. The molecule has 0 bridgehead atoms. The van der Waals surface area contributed by atoms with Gasteiger partial charge in [-0.2, -0.15) is 0 Å². The molecule has 0 atom stereocenters. The monoisotopic (exact) mass is 378 g/mol. The van der Waals surface area contributed by atoms with Gasteiger partial charge < -0.3 is 13.8 Å². The molecule has 0 saturated heterocycles. The quantitative estimate of drug-likeness (QED) is 0.468. The molecule has 6 heteroatoms. The van der Waals surface area contributed by atoms with Gasteiger partial charge in [-0.25, -0.2) is 4.79 Å². The molecule has 28 heavy (non-hydrogen) atoms. The third kappa shape index (κ3) is 3.26. The number of ether oxygens (including phenoxy) is 1. The van der Waals surface area contributed by atoms with Crippen molar-refractivity contribution in [2.75, 3.05) is 6.61 Å². The van der Waals surface area contributed by atoms with Crippen LogP contribution in [-0.2, 0) is 4.74 Å². The number of aryl methyl sites for hydroxylation is 2. The molecule has 0 aliphatic heterocycles. The molecule has 1 aliphatic rings.